The quantitative estimate of drug-likeness (QED) is 0.679. The van der Waals surface area contributed by atoms with Crippen LogP contribution in [0.2, 0.25) is 0 Å². The Kier molecular flexibility index (Phi) is 7.70. The van der Waals surface area contributed by atoms with E-state index in [1.807, 2.05) is 0 Å². The maximum atomic E-state index is 6.11. The van der Waals surface area contributed by atoms with Crippen molar-refractivity contribution in [3.63, 3.8) is 0 Å². The maximum Gasteiger partial charge on any atom is 0.0723 e. The molecule has 0 saturated heterocycles. The van der Waals surface area contributed by atoms with Gasteiger partial charge in [0.2, 0.25) is 0 Å². The third-order valence-corrected chi connectivity index (χ3v) is 3.29. The van der Waals surface area contributed by atoms with Crippen LogP contribution in [0.3, 0.4) is 0 Å². The molecular formula is C16H27NO. The van der Waals surface area contributed by atoms with Crippen LogP contribution >= 0.6 is 0 Å². The predicted molar refractivity (Wildman–Crippen MR) is 77.7 cm³/mol. The van der Waals surface area contributed by atoms with Crippen molar-refractivity contribution in [1.82, 2.24) is 0 Å². The Morgan fingerprint density at radius 1 is 1.17 bits per heavy atom. The van der Waals surface area contributed by atoms with Crippen molar-refractivity contribution in [2.45, 2.75) is 58.1 Å². The van der Waals surface area contributed by atoms with E-state index in [0.717, 1.165) is 38.7 Å². The molecule has 18 heavy (non-hydrogen) atoms. The first-order chi connectivity index (χ1) is 8.77. The third kappa shape index (κ3) is 5.65. The molecule has 0 radical (unpaired) electrons. The van der Waals surface area contributed by atoms with E-state index in [1.165, 1.54) is 5.56 Å². The van der Waals surface area contributed by atoms with Gasteiger partial charge < -0.3 is 10.5 Å². The van der Waals surface area contributed by atoms with Crippen molar-refractivity contribution in [3.8, 4) is 0 Å². The first-order valence-corrected chi connectivity index (χ1v) is 7.19. The molecule has 0 aromatic heterocycles. The third-order valence-electron chi connectivity index (χ3n) is 3.29. The van der Waals surface area contributed by atoms with Gasteiger partial charge in [0.25, 0.3) is 0 Å². The zero-order valence-electron chi connectivity index (χ0n) is 11.8. The molecule has 0 spiro atoms. The molecule has 1 aromatic carbocycles. The molecule has 1 rings (SSSR count). The van der Waals surface area contributed by atoms with Gasteiger partial charge in [0.15, 0.2) is 0 Å². The lowest BCUT2D eigenvalue weighted by Crippen LogP contribution is -2.36. The summed E-state index contributed by atoms with van der Waals surface area (Å²) in [6.07, 6.45) is 5.56. The Bertz CT molecular complexity index is 299. The van der Waals surface area contributed by atoms with Crippen LogP contribution in [-0.4, -0.2) is 18.8 Å². The first kappa shape index (κ1) is 15.2. The molecular weight excluding hydrogens is 222 g/mol. The molecule has 0 amide bonds. The van der Waals surface area contributed by atoms with E-state index in [4.69, 9.17) is 10.5 Å². The highest BCUT2D eigenvalue weighted by Crippen LogP contribution is 2.09. The number of nitrogens with two attached hydrogens (primary N) is 1. The second-order valence-corrected chi connectivity index (χ2v) is 4.86. The van der Waals surface area contributed by atoms with Crippen LogP contribution in [-0.2, 0) is 11.2 Å². The summed E-state index contributed by atoms with van der Waals surface area (Å²) >= 11 is 0. The van der Waals surface area contributed by atoms with Crippen LogP contribution < -0.4 is 5.73 Å². The molecule has 2 N–H and O–H groups in total. The van der Waals surface area contributed by atoms with Crippen molar-refractivity contribution in [1.29, 1.82) is 0 Å². The summed E-state index contributed by atoms with van der Waals surface area (Å²) in [6, 6.07) is 10.7. The standard InChI is InChI=1S/C16H27NO/c1-3-9-15(17)16(4-2)18-13-8-12-14-10-6-5-7-11-14/h5-7,10-11,15-16H,3-4,8-9,12-13,17H2,1-2H3. The van der Waals surface area contributed by atoms with Crippen LogP contribution in [0, 0.1) is 0 Å². The van der Waals surface area contributed by atoms with Crippen molar-refractivity contribution < 1.29 is 4.74 Å². The lowest BCUT2D eigenvalue weighted by Gasteiger charge is -2.22. The number of rotatable bonds is 9. The van der Waals surface area contributed by atoms with Gasteiger partial charge in [-0.2, -0.15) is 0 Å². The number of hydrogen-bond donors (Lipinski definition) is 1. The van der Waals surface area contributed by atoms with Gasteiger partial charge in [-0.25, -0.2) is 0 Å². The summed E-state index contributed by atoms with van der Waals surface area (Å²) in [5.41, 5.74) is 7.49. The van der Waals surface area contributed by atoms with Gasteiger partial charge in [-0.05, 0) is 31.2 Å². The number of hydrogen-bond acceptors (Lipinski definition) is 2. The highest BCUT2D eigenvalue weighted by molar-refractivity contribution is 5.14. The topological polar surface area (TPSA) is 35.2 Å². The predicted octanol–water partition coefficient (Wildman–Crippen LogP) is 3.54. The minimum absolute atomic E-state index is 0.191. The molecule has 0 aliphatic carbocycles. The molecule has 2 atom stereocenters. The van der Waals surface area contributed by atoms with Crippen LogP contribution in [0.15, 0.2) is 30.3 Å². The van der Waals surface area contributed by atoms with Gasteiger partial charge in [-0.15, -0.1) is 0 Å². The average Bonchev–Trinajstić information content (AvgIpc) is 2.40. The monoisotopic (exact) mass is 249 g/mol. The molecule has 2 nitrogen and oxygen atoms in total. The molecule has 102 valence electrons. The van der Waals surface area contributed by atoms with E-state index in [2.05, 4.69) is 44.2 Å². The average molecular weight is 249 g/mol. The lowest BCUT2D eigenvalue weighted by atomic mass is 10.0. The maximum absolute atomic E-state index is 6.11. The van der Waals surface area contributed by atoms with E-state index in [0.29, 0.717) is 0 Å². The summed E-state index contributed by atoms with van der Waals surface area (Å²) in [5, 5.41) is 0. The van der Waals surface area contributed by atoms with Gasteiger partial charge in [-0.3, -0.25) is 0 Å². The lowest BCUT2D eigenvalue weighted by molar-refractivity contribution is 0.0298. The van der Waals surface area contributed by atoms with Crippen molar-refractivity contribution in [3.05, 3.63) is 35.9 Å². The smallest absolute Gasteiger partial charge is 0.0723 e. The first-order valence-electron chi connectivity index (χ1n) is 7.19. The summed E-state index contributed by atoms with van der Waals surface area (Å²) in [7, 11) is 0. The number of ether oxygens (including phenoxy) is 1. The van der Waals surface area contributed by atoms with Gasteiger partial charge in [-0.1, -0.05) is 50.6 Å². The fourth-order valence-corrected chi connectivity index (χ4v) is 2.22. The van der Waals surface area contributed by atoms with Crippen LogP contribution in [0.5, 0.6) is 0 Å². The van der Waals surface area contributed by atoms with Crippen molar-refractivity contribution in [2.75, 3.05) is 6.61 Å². The molecule has 0 heterocycles. The Balaban J connectivity index is 2.19. The van der Waals surface area contributed by atoms with E-state index >= 15 is 0 Å². The van der Waals surface area contributed by atoms with Gasteiger partial charge in [0.1, 0.15) is 0 Å². The zero-order valence-corrected chi connectivity index (χ0v) is 11.8. The fraction of sp³-hybridized carbons (Fsp3) is 0.625. The fourth-order valence-electron chi connectivity index (χ4n) is 2.22. The normalized spacial score (nSPS) is 14.4. The second kappa shape index (κ2) is 9.12. The highest BCUT2D eigenvalue weighted by Gasteiger charge is 2.15. The molecule has 0 aliphatic heterocycles. The van der Waals surface area contributed by atoms with Crippen molar-refractivity contribution in [2.24, 2.45) is 5.73 Å². The molecule has 1 aromatic rings. The van der Waals surface area contributed by atoms with Crippen molar-refractivity contribution >= 4 is 0 Å². The van der Waals surface area contributed by atoms with E-state index in [9.17, 15) is 0 Å². The Labute approximate surface area is 112 Å². The van der Waals surface area contributed by atoms with Crippen LogP contribution in [0.1, 0.15) is 45.1 Å². The number of benzene rings is 1. The molecule has 2 unspecified atom stereocenters. The van der Waals surface area contributed by atoms with E-state index in [-0.39, 0.29) is 12.1 Å². The largest absolute Gasteiger partial charge is 0.377 e. The van der Waals surface area contributed by atoms with Gasteiger partial charge >= 0.3 is 0 Å². The molecule has 0 bridgehead atoms. The Hall–Kier alpha value is -0.860. The van der Waals surface area contributed by atoms with Gasteiger partial charge in [0.05, 0.1) is 6.10 Å². The number of aryl methyl sites for hydroxylation is 1. The van der Waals surface area contributed by atoms with Crippen LogP contribution in [0.4, 0.5) is 0 Å². The minimum atomic E-state index is 0.191. The minimum Gasteiger partial charge on any atom is -0.377 e. The summed E-state index contributed by atoms with van der Waals surface area (Å²) < 4.78 is 5.90. The zero-order chi connectivity index (χ0) is 13.2. The summed E-state index contributed by atoms with van der Waals surface area (Å²) in [4.78, 5) is 0. The SMILES string of the molecule is CCCC(N)C(CC)OCCCc1ccccc1. The molecule has 2 heteroatoms. The highest BCUT2D eigenvalue weighted by atomic mass is 16.5. The molecule has 0 fully saturated rings. The second-order valence-electron chi connectivity index (χ2n) is 4.86. The summed E-state index contributed by atoms with van der Waals surface area (Å²) in [6.45, 7) is 5.13. The van der Waals surface area contributed by atoms with E-state index < -0.39 is 0 Å². The van der Waals surface area contributed by atoms with E-state index in [1.54, 1.807) is 0 Å². The van der Waals surface area contributed by atoms with Crippen LogP contribution in [0.25, 0.3) is 0 Å². The van der Waals surface area contributed by atoms with Gasteiger partial charge in [0, 0.05) is 12.6 Å². The summed E-state index contributed by atoms with van der Waals surface area (Å²) in [5.74, 6) is 0. The molecule has 0 saturated carbocycles. The Morgan fingerprint density at radius 3 is 2.50 bits per heavy atom. The molecule has 0 aliphatic rings. The Morgan fingerprint density at radius 2 is 1.89 bits per heavy atom.